The highest BCUT2D eigenvalue weighted by Crippen LogP contribution is 2.31. The van der Waals surface area contributed by atoms with Crippen LogP contribution in [0, 0.1) is 17.0 Å². The van der Waals surface area contributed by atoms with E-state index in [0.29, 0.717) is 20.0 Å². The van der Waals surface area contributed by atoms with Crippen molar-refractivity contribution < 1.29 is 9.72 Å². The molecule has 0 fully saturated rings. The van der Waals surface area contributed by atoms with Crippen molar-refractivity contribution in [2.45, 2.75) is 11.5 Å². The molecule has 0 aliphatic carbocycles. The molecule has 9 nitrogen and oxygen atoms in total. The predicted molar refractivity (Wildman–Crippen MR) is 129 cm³/mol. The van der Waals surface area contributed by atoms with E-state index in [2.05, 4.69) is 10.3 Å². The Morgan fingerprint density at radius 1 is 1.10 bits per heavy atom. The smallest absolute Gasteiger partial charge is 0.269 e. The number of thiocarbonyl (C=S) groups is 2. The van der Waals surface area contributed by atoms with E-state index in [0.717, 1.165) is 0 Å². The third-order valence-corrected chi connectivity index (χ3v) is 7.67. The van der Waals surface area contributed by atoms with Crippen LogP contribution in [0.15, 0.2) is 24.3 Å². The predicted octanol–water partition coefficient (Wildman–Crippen LogP) is 3.15. The van der Waals surface area contributed by atoms with Crippen molar-refractivity contribution in [3.63, 3.8) is 0 Å². The zero-order valence-corrected chi connectivity index (χ0v) is 20.2. The van der Waals surface area contributed by atoms with Gasteiger partial charge in [-0.05, 0) is 19.1 Å². The van der Waals surface area contributed by atoms with Gasteiger partial charge in [0.25, 0.3) is 5.69 Å². The number of Topliss-reactive ketones (excluding diaryl/α,β-unsaturated/α-hetero) is 1. The number of hydrogen-bond donors (Lipinski definition) is 0. The first-order valence-corrected chi connectivity index (χ1v) is 11.1. The number of nitrogens with zero attached hydrogens (tertiary/aromatic N) is 6. The monoisotopic (exact) mass is 484 g/mol. The Kier molecular flexibility index (Phi) is 8.29. The van der Waals surface area contributed by atoms with Gasteiger partial charge in [0, 0.05) is 40.3 Å². The van der Waals surface area contributed by atoms with Gasteiger partial charge in [-0.2, -0.15) is 0 Å². The second-order valence-electron chi connectivity index (χ2n) is 6.46. The molecule has 0 radical (unpaired) electrons. The second kappa shape index (κ2) is 10.3. The van der Waals surface area contributed by atoms with E-state index >= 15 is 0 Å². The highest BCUT2D eigenvalue weighted by atomic mass is 32.2. The summed E-state index contributed by atoms with van der Waals surface area (Å²) in [4.78, 5) is 27.1. The fraction of sp³-hybridized carbons (Fsp3) is 0.353. The fourth-order valence-corrected chi connectivity index (χ4v) is 5.06. The second-order valence-corrected chi connectivity index (χ2v) is 10.2. The van der Waals surface area contributed by atoms with Crippen molar-refractivity contribution in [2.75, 3.05) is 28.2 Å². The summed E-state index contributed by atoms with van der Waals surface area (Å²) in [5.41, 5.74) is 1.25. The summed E-state index contributed by atoms with van der Waals surface area (Å²) in [5, 5.41) is 19.0. The maximum Gasteiger partial charge on any atom is 0.269 e. The Morgan fingerprint density at radius 2 is 1.60 bits per heavy atom. The highest BCUT2D eigenvalue weighted by Gasteiger charge is 2.30. The maximum atomic E-state index is 13.3. The SMILES string of the molecule is Cc1c(C(=O)C(SC(=S)N(C)C)SC(=S)N(C)C)nnn1-c1ccc([N+](=O)[O-])cc1. The summed E-state index contributed by atoms with van der Waals surface area (Å²) in [7, 11) is 7.23. The summed E-state index contributed by atoms with van der Waals surface area (Å²) >= 11 is 13.2. The number of nitro benzene ring substituents is 1. The normalized spacial score (nSPS) is 10.7. The molecule has 0 aliphatic heterocycles. The molecule has 0 atom stereocenters. The Bertz CT molecular complexity index is 952. The van der Waals surface area contributed by atoms with E-state index in [9.17, 15) is 14.9 Å². The Morgan fingerprint density at radius 3 is 2.03 bits per heavy atom. The van der Waals surface area contributed by atoms with Crippen LogP contribution in [0.4, 0.5) is 5.69 Å². The zero-order valence-electron chi connectivity index (χ0n) is 16.9. The molecule has 1 heterocycles. The summed E-state index contributed by atoms with van der Waals surface area (Å²) in [6, 6.07) is 5.85. The van der Waals surface area contributed by atoms with E-state index in [1.54, 1.807) is 28.9 Å². The van der Waals surface area contributed by atoms with Gasteiger partial charge in [0.05, 0.1) is 16.3 Å². The first-order valence-electron chi connectivity index (χ1n) is 8.50. The third kappa shape index (κ3) is 5.74. The third-order valence-electron chi connectivity index (χ3n) is 3.79. The number of nitro groups is 1. The average Bonchev–Trinajstić information content (AvgIpc) is 3.07. The number of thioether (sulfide) groups is 2. The molecule has 2 aromatic rings. The van der Waals surface area contributed by atoms with Gasteiger partial charge in [0.1, 0.15) is 13.2 Å². The van der Waals surface area contributed by atoms with Gasteiger partial charge in [-0.1, -0.05) is 53.2 Å². The van der Waals surface area contributed by atoms with Gasteiger partial charge in [0.15, 0.2) is 5.69 Å². The minimum atomic E-state index is -0.629. The Balaban J connectivity index is 2.34. The van der Waals surface area contributed by atoms with E-state index in [1.807, 2.05) is 28.2 Å². The van der Waals surface area contributed by atoms with E-state index < -0.39 is 9.51 Å². The molecule has 0 amide bonds. The van der Waals surface area contributed by atoms with Crippen LogP contribution in [0.3, 0.4) is 0 Å². The van der Waals surface area contributed by atoms with Crippen molar-refractivity contribution in [3.8, 4) is 5.69 Å². The lowest BCUT2D eigenvalue weighted by Gasteiger charge is -2.21. The number of hydrogen-bond acceptors (Lipinski definition) is 9. The highest BCUT2D eigenvalue weighted by molar-refractivity contribution is 8.37. The van der Waals surface area contributed by atoms with Gasteiger partial charge in [-0.15, -0.1) is 5.10 Å². The molecule has 2 rings (SSSR count). The molecule has 13 heteroatoms. The van der Waals surface area contributed by atoms with Gasteiger partial charge in [0.2, 0.25) is 5.78 Å². The molecule has 0 N–H and O–H groups in total. The average molecular weight is 485 g/mol. The van der Waals surface area contributed by atoms with Crippen molar-refractivity contribution in [1.29, 1.82) is 0 Å². The number of benzene rings is 1. The van der Waals surface area contributed by atoms with Gasteiger partial charge in [-0.25, -0.2) is 4.68 Å². The van der Waals surface area contributed by atoms with Crippen molar-refractivity contribution >= 4 is 68.1 Å². The first kappa shape index (κ1) is 24.2. The van der Waals surface area contributed by atoms with Crippen LogP contribution in [0.25, 0.3) is 5.69 Å². The molecule has 1 aromatic carbocycles. The van der Waals surface area contributed by atoms with Crippen LogP contribution in [-0.2, 0) is 0 Å². The summed E-state index contributed by atoms with van der Waals surface area (Å²) in [6.07, 6.45) is 0. The lowest BCUT2D eigenvalue weighted by Crippen LogP contribution is -2.27. The van der Waals surface area contributed by atoms with Crippen LogP contribution in [0.5, 0.6) is 0 Å². The largest absolute Gasteiger partial charge is 0.364 e. The molecule has 0 aliphatic rings. The number of non-ortho nitro benzene ring substituents is 1. The maximum absolute atomic E-state index is 13.3. The van der Waals surface area contributed by atoms with Gasteiger partial charge >= 0.3 is 0 Å². The number of carbonyl (C=O) groups is 1. The fourth-order valence-electron chi connectivity index (χ4n) is 2.15. The Labute approximate surface area is 193 Å². The zero-order chi connectivity index (χ0) is 22.6. The molecular formula is C17H20N6O3S4. The van der Waals surface area contributed by atoms with E-state index in [4.69, 9.17) is 24.4 Å². The number of carbonyl (C=O) groups excluding carboxylic acids is 1. The van der Waals surface area contributed by atoms with Gasteiger partial charge in [-0.3, -0.25) is 14.9 Å². The summed E-state index contributed by atoms with van der Waals surface area (Å²) < 4.78 is 1.93. The van der Waals surface area contributed by atoms with Crippen molar-refractivity contribution in [3.05, 3.63) is 45.8 Å². The van der Waals surface area contributed by atoms with E-state index in [1.165, 1.54) is 40.3 Å². The molecule has 0 unspecified atom stereocenters. The molecule has 160 valence electrons. The van der Waals surface area contributed by atoms with Crippen molar-refractivity contribution in [1.82, 2.24) is 24.8 Å². The summed E-state index contributed by atoms with van der Waals surface area (Å²) in [6.45, 7) is 1.72. The van der Waals surface area contributed by atoms with Crippen LogP contribution in [0.1, 0.15) is 16.2 Å². The van der Waals surface area contributed by atoms with Crippen LogP contribution in [0.2, 0.25) is 0 Å². The number of aromatic nitrogens is 3. The molecule has 0 bridgehead atoms. The molecule has 30 heavy (non-hydrogen) atoms. The standard InChI is InChI=1S/C17H20N6O3S4/c1-10-13(18-19-22(10)11-6-8-12(9-7-11)23(25)26)14(24)15(29-16(27)20(2)3)30-17(28)21(4)5/h6-9,15H,1-5H3. The molecular weight excluding hydrogens is 464 g/mol. The van der Waals surface area contributed by atoms with E-state index in [-0.39, 0.29) is 17.2 Å². The van der Waals surface area contributed by atoms with Crippen molar-refractivity contribution in [2.24, 2.45) is 0 Å². The minimum Gasteiger partial charge on any atom is -0.364 e. The quantitative estimate of drug-likeness (QED) is 0.199. The lowest BCUT2D eigenvalue weighted by atomic mass is 10.2. The van der Waals surface area contributed by atoms with Crippen LogP contribution < -0.4 is 0 Å². The summed E-state index contributed by atoms with van der Waals surface area (Å²) in [5.74, 6) is -0.260. The molecule has 0 spiro atoms. The van der Waals surface area contributed by atoms with Gasteiger partial charge < -0.3 is 9.80 Å². The number of ketones is 1. The lowest BCUT2D eigenvalue weighted by molar-refractivity contribution is -0.384. The first-order chi connectivity index (χ1) is 14.0. The number of rotatable bonds is 6. The molecule has 1 aromatic heterocycles. The van der Waals surface area contributed by atoms with Crippen LogP contribution in [-0.4, -0.2) is 76.9 Å². The Hall–Kier alpha value is -2.09. The molecule has 0 saturated heterocycles. The van der Waals surface area contributed by atoms with Crippen LogP contribution >= 0.6 is 48.0 Å². The molecule has 0 saturated carbocycles. The topological polar surface area (TPSA) is 97.4 Å². The minimum absolute atomic E-state index is 0.0323.